The van der Waals surface area contributed by atoms with Gasteiger partial charge in [-0.2, -0.15) is 9.61 Å². The molecule has 2 aliphatic carbocycles. The minimum Gasteiger partial charge on any atom is -0.473 e. The van der Waals surface area contributed by atoms with E-state index in [1.165, 1.54) is 0 Å². The predicted molar refractivity (Wildman–Crippen MR) is 115 cm³/mol. The Bertz CT molecular complexity index is 1110. The average Bonchev–Trinajstić information content (AvgIpc) is 3.46. The minimum atomic E-state index is -0.160. The van der Waals surface area contributed by atoms with Gasteiger partial charge in [0.05, 0.1) is 12.3 Å². The molecule has 3 aromatic heterocycles. The third-order valence-corrected chi connectivity index (χ3v) is 5.58. The second-order valence-corrected chi connectivity index (χ2v) is 7.87. The fourth-order valence-corrected chi connectivity index (χ4v) is 3.54. The largest absolute Gasteiger partial charge is 0.473 e. The lowest BCUT2D eigenvalue weighted by atomic mass is 9.92. The summed E-state index contributed by atoms with van der Waals surface area (Å²) in [5.74, 6) is 1.60. The van der Waals surface area contributed by atoms with Crippen LogP contribution in [0.1, 0.15) is 36.0 Å². The smallest absolute Gasteiger partial charge is 0.256 e. The van der Waals surface area contributed by atoms with E-state index in [0.717, 1.165) is 25.7 Å². The molecule has 3 heterocycles. The molecule has 1 amide bonds. The van der Waals surface area contributed by atoms with Crippen molar-refractivity contribution in [3.05, 3.63) is 36.2 Å². The molecule has 0 unspecified atom stereocenters. The summed E-state index contributed by atoms with van der Waals surface area (Å²) >= 11 is 0. The number of pyridine rings is 1. The zero-order valence-electron chi connectivity index (χ0n) is 17.5. The van der Waals surface area contributed by atoms with Crippen LogP contribution >= 0.6 is 0 Å². The Labute approximate surface area is 179 Å². The molecule has 3 N–H and O–H groups in total. The molecular formula is C21H25N7O3. The molecular weight excluding hydrogens is 398 g/mol. The van der Waals surface area contributed by atoms with E-state index in [4.69, 9.17) is 9.47 Å². The zero-order valence-corrected chi connectivity index (χ0v) is 17.5. The lowest BCUT2D eigenvalue weighted by molar-refractivity contribution is -0.0393. The highest BCUT2D eigenvalue weighted by molar-refractivity contribution is 6.00. The van der Waals surface area contributed by atoms with E-state index in [-0.39, 0.29) is 24.2 Å². The van der Waals surface area contributed by atoms with Gasteiger partial charge in [0, 0.05) is 45.3 Å². The molecule has 10 heteroatoms. The molecule has 0 radical (unpaired) electrons. The van der Waals surface area contributed by atoms with Crippen LogP contribution in [0.25, 0.3) is 5.65 Å². The summed E-state index contributed by atoms with van der Waals surface area (Å²) in [5.41, 5.74) is 1.61. The van der Waals surface area contributed by atoms with Crippen LogP contribution in [0.15, 0.2) is 30.6 Å². The van der Waals surface area contributed by atoms with Crippen molar-refractivity contribution in [1.29, 1.82) is 0 Å². The highest BCUT2D eigenvalue weighted by atomic mass is 16.5. The van der Waals surface area contributed by atoms with Gasteiger partial charge in [0.25, 0.3) is 5.91 Å². The second kappa shape index (κ2) is 8.03. The molecule has 0 aromatic carbocycles. The fraction of sp³-hybridized carbons (Fsp3) is 0.429. The molecule has 3 aromatic rings. The third kappa shape index (κ3) is 3.98. The molecule has 31 heavy (non-hydrogen) atoms. The molecule has 162 valence electrons. The number of rotatable bonds is 8. The molecule has 0 bridgehead atoms. The summed E-state index contributed by atoms with van der Waals surface area (Å²) in [6, 6.07) is 5.80. The Hall–Kier alpha value is -3.40. The molecule has 0 atom stereocenters. The zero-order chi connectivity index (χ0) is 21.4. The number of carbonyl (C=O) groups is 1. The maximum Gasteiger partial charge on any atom is 0.256 e. The Balaban J connectivity index is 1.42. The lowest BCUT2D eigenvalue weighted by Gasteiger charge is -2.34. The SMILES string of the molecule is CNc1cc(Nc2cccnc2O[C@H]2C[C@@H](OC)C2)nc2c(C(=O)NC3CC3)cnn12. The predicted octanol–water partition coefficient (Wildman–Crippen LogP) is 2.36. The maximum absolute atomic E-state index is 12.6. The fourth-order valence-electron chi connectivity index (χ4n) is 3.54. The van der Waals surface area contributed by atoms with Crippen molar-refractivity contribution < 1.29 is 14.3 Å². The molecule has 0 spiro atoms. The van der Waals surface area contributed by atoms with Crippen molar-refractivity contribution in [2.45, 2.75) is 43.9 Å². The summed E-state index contributed by atoms with van der Waals surface area (Å²) in [7, 11) is 3.51. The third-order valence-electron chi connectivity index (χ3n) is 5.58. The van der Waals surface area contributed by atoms with Crippen LogP contribution in [0.2, 0.25) is 0 Å². The number of anilines is 3. The molecule has 0 saturated heterocycles. The van der Waals surface area contributed by atoms with Gasteiger partial charge < -0.3 is 25.4 Å². The van der Waals surface area contributed by atoms with E-state index in [1.807, 2.05) is 18.2 Å². The standard InChI is InChI=1S/C21H25N7O3/c1-22-18-10-17(27-19-15(11-24-28(18)19)20(29)25-12-5-6-12)26-16-4-3-7-23-21(16)31-14-8-13(9-14)30-2/h3-4,7,10-14,22H,5-6,8-9H2,1-2H3,(H,25,29)(H,26,27)/t13-,14+. The van der Waals surface area contributed by atoms with E-state index in [2.05, 4.69) is 31.0 Å². The van der Waals surface area contributed by atoms with Gasteiger partial charge in [-0.3, -0.25) is 4.79 Å². The summed E-state index contributed by atoms with van der Waals surface area (Å²) in [6.07, 6.45) is 7.29. The van der Waals surface area contributed by atoms with E-state index in [0.29, 0.717) is 34.4 Å². The van der Waals surface area contributed by atoms with Gasteiger partial charge in [-0.25, -0.2) is 9.97 Å². The first-order valence-corrected chi connectivity index (χ1v) is 10.4. The molecule has 2 saturated carbocycles. The van der Waals surface area contributed by atoms with Crippen molar-refractivity contribution in [2.75, 3.05) is 24.8 Å². The van der Waals surface area contributed by atoms with Gasteiger partial charge >= 0.3 is 0 Å². The number of hydrogen-bond acceptors (Lipinski definition) is 8. The Kier molecular flexibility index (Phi) is 5.06. The molecule has 0 aliphatic heterocycles. The summed E-state index contributed by atoms with van der Waals surface area (Å²) in [6.45, 7) is 0. The first-order chi connectivity index (χ1) is 15.1. The van der Waals surface area contributed by atoms with Crippen molar-refractivity contribution in [3.63, 3.8) is 0 Å². The first kappa shape index (κ1) is 19.6. The normalized spacial score (nSPS) is 20.2. The first-order valence-electron chi connectivity index (χ1n) is 10.4. The number of nitrogens with one attached hydrogen (secondary N) is 3. The summed E-state index contributed by atoms with van der Waals surface area (Å²) in [4.78, 5) is 21.7. The van der Waals surface area contributed by atoms with Crippen LogP contribution in [0, 0.1) is 0 Å². The number of carbonyl (C=O) groups excluding carboxylic acids is 1. The van der Waals surface area contributed by atoms with Gasteiger partial charge in [0.15, 0.2) is 5.65 Å². The number of methoxy groups -OCH3 is 1. The molecule has 10 nitrogen and oxygen atoms in total. The maximum atomic E-state index is 12.6. The minimum absolute atomic E-state index is 0.0799. The quantitative estimate of drug-likeness (QED) is 0.506. The van der Waals surface area contributed by atoms with Crippen molar-refractivity contribution in [2.24, 2.45) is 0 Å². The Morgan fingerprint density at radius 2 is 2.10 bits per heavy atom. The van der Waals surface area contributed by atoms with Crippen LogP contribution in [0.3, 0.4) is 0 Å². The van der Waals surface area contributed by atoms with E-state index in [1.54, 1.807) is 31.1 Å². The number of ether oxygens (including phenoxy) is 2. The number of fused-ring (bicyclic) bond motifs is 1. The van der Waals surface area contributed by atoms with E-state index >= 15 is 0 Å². The van der Waals surface area contributed by atoms with Crippen molar-refractivity contribution >= 4 is 28.9 Å². The lowest BCUT2D eigenvalue weighted by Crippen LogP contribution is -2.39. The van der Waals surface area contributed by atoms with Crippen LogP contribution in [-0.4, -0.2) is 57.9 Å². The van der Waals surface area contributed by atoms with Gasteiger partial charge in [0.2, 0.25) is 5.88 Å². The highest BCUT2D eigenvalue weighted by Gasteiger charge is 2.31. The van der Waals surface area contributed by atoms with Crippen molar-refractivity contribution in [1.82, 2.24) is 24.9 Å². The highest BCUT2D eigenvalue weighted by Crippen LogP contribution is 2.32. The number of amides is 1. The number of hydrogen-bond donors (Lipinski definition) is 3. The monoisotopic (exact) mass is 423 g/mol. The number of nitrogens with zero attached hydrogens (tertiary/aromatic N) is 4. The van der Waals surface area contributed by atoms with Gasteiger partial charge in [-0.05, 0) is 25.0 Å². The van der Waals surface area contributed by atoms with Gasteiger partial charge in [-0.1, -0.05) is 0 Å². The molecule has 2 fully saturated rings. The van der Waals surface area contributed by atoms with Gasteiger partial charge in [0.1, 0.15) is 29.0 Å². The summed E-state index contributed by atoms with van der Waals surface area (Å²) in [5, 5.41) is 13.7. The van der Waals surface area contributed by atoms with Crippen LogP contribution in [0.4, 0.5) is 17.3 Å². The number of aromatic nitrogens is 4. The molecule has 5 rings (SSSR count). The molecule has 2 aliphatic rings. The van der Waals surface area contributed by atoms with Crippen molar-refractivity contribution in [3.8, 4) is 5.88 Å². The Morgan fingerprint density at radius 1 is 1.26 bits per heavy atom. The van der Waals surface area contributed by atoms with Crippen LogP contribution in [0.5, 0.6) is 5.88 Å². The average molecular weight is 423 g/mol. The Morgan fingerprint density at radius 3 is 2.84 bits per heavy atom. The topological polar surface area (TPSA) is 115 Å². The summed E-state index contributed by atoms with van der Waals surface area (Å²) < 4.78 is 13.0. The van der Waals surface area contributed by atoms with E-state index < -0.39 is 0 Å². The van der Waals surface area contributed by atoms with Gasteiger partial charge in [-0.15, -0.1) is 0 Å². The van der Waals surface area contributed by atoms with E-state index in [9.17, 15) is 4.79 Å². The van der Waals surface area contributed by atoms with Crippen LogP contribution < -0.4 is 20.7 Å². The second-order valence-electron chi connectivity index (χ2n) is 7.87. The van der Waals surface area contributed by atoms with Crippen LogP contribution in [-0.2, 0) is 4.74 Å².